The highest BCUT2D eigenvalue weighted by atomic mass is 16.5. The van der Waals surface area contributed by atoms with Gasteiger partial charge in [-0.15, -0.1) is 0 Å². The van der Waals surface area contributed by atoms with Gasteiger partial charge in [0.05, 0.1) is 0 Å². The molecule has 0 unspecified atom stereocenters. The van der Waals surface area contributed by atoms with E-state index in [9.17, 15) is 9.59 Å². The highest BCUT2D eigenvalue weighted by Gasteiger charge is 2.23. The van der Waals surface area contributed by atoms with Crippen molar-refractivity contribution in [3.05, 3.63) is 89.5 Å². The number of nitrogens with zero attached hydrogens (tertiary/aromatic N) is 2. The zero-order valence-corrected chi connectivity index (χ0v) is 20.7. The van der Waals surface area contributed by atoms with Gasteiger partial charge in [-0.05, 0) is 66.4 Å². The molecule has 0 bridgehead atoms. The minimum absolute atomic E-state index is 0.0420. The predicted octanol–water partition coefficient (Wildman–Crippen LogP) is 5.10. The molecule has 0 spiro atoms. The Hall–Kier alpha value is -3.80. The molecular weight excluding hydrogens is 438 g/mol. The van der Waals surface area contributed by atoms with E-state index in [1.165, 1.54) is 5.56 Å². The fraction of sp³-hybridized carbons (Fsp3) is 0.310. The molecule has 1 fully saturated rings. The molecule has 3 aromatic carbocycles. The maximum atomic E-state index is 12.9. The van der Waals surface area contributed by atoms with Crippen LogP contribution in [0.15, 0.2) is 72.8 Å². The van der Waals surface area contributed by atoms with E-state index in [0.29, 0.717) is 24.8 Å². The first-order chi connectivity index (χ1) is 16.9. The Morgan fingerprint density at radius 3 is 2.17 bits per heavy atom. The Bertz CT molecular complexity index is 1150. The lowest BCUT2D eigenvalue weighted by atomic mass is 10.0. The highest BCUT2D eigenvalue weighted by Crippen LogP contribution is 2.21. The molecule has 0 aliphatic carbocycles. The van der Waals surface area contributed by atoms with Crippen LogP contribution in [-0.2, 0) is 4.79 Å². The molecule has 1 aliphatic heterocycles. The quantitative estimate of drug-likeness (QED) is 0.521. The predicted molar refractivity (Wildman–Crippen MR) is 140 cm³/mol. The lowest BCUT2D eigenvalue weighted by molar-refractivity contribution is -0.118. The van der Waals surface area contributed by atoms with Crippen molar-refractivity contribution >= 4 is 23.2 Å². The SMILES string of the molecule is Cc1ccccc1C(=O)N1CCN(c2ccc(NC(=O)COc3ccc(C(C)C)cc3)cc2)CC1. The molecule has 6 nitrogen and oxygen atoms in total. The molecule has 0 radical (unpaired) electrons. The normalized spacial score (nSPS) is 13.6. The lowest BCUT2D eigenvalue weighted by Gasteiger charge is -2.36. The summed E-state index contributed by atoms with van der Waals surface area (Å²) in [5, 5.41) is 2.88. The number of hydrogen-bond donors (Lipinski definition) is 1. The third-order valence-electron chi connectivity index (χ3n) is 6.38. The summed E-state index contributed by atoms with van der Waals surface area (Å²) in [7, 11) is 0. The Labute approximate surface area is 207 Å². The molecule has 6 heteroatoms. The number of aryl methyl sites for hydroxylation is 1. The number of hydrogen-bond acceptors (Lipinski definition) is 4. The number of carbonyl (C=O) groups excluding carboxylic acids is 2. The van der Waals surface area contributed by atoms with Crippen molar-refractivity contribution in [3.8, 4) is 5.75 Å². The summed E-state index contributed by atoms with van der Waals surface area (Å²) in [4.78, 5) is 29.3. The zero-order valence-electron chi connectivity index (χ0n) is 20.7. The van der Waals surface area contributed by atoms with Crippen molar-refractivity contribution in [3.63, 3.8) is 0 Å². The third kappa shape index (κ3) is 6.21. The number of nitrogens with one attached hydrogen (secondary N) is 1. The average Bonchev–Trinajstić information content (AvgIpc) is 2.88. The number of benzene rings is 3. The van der Waals surface area contributed by atoms with E-state index in [4.69, 9.17) is 4.74 Å². The van der Waals surface area contributed by atoms with E-state index in [0.717, 1.165) is 35.6 Å². The van der Waals surface area contributed by atoms with E-state index < -0.39 is 0 Å². The van der Waals surface area contributed by atoms with Crippen molar-refractivity contribution in [2.75, 3.05) is 43.0 Å². The van der Waals surface area contributed by atoms with Crippen LogP contribution in [0.25, 0.3) is 0 Å². The van der Waals surface area contributed by atoms with Crippen molar-refractivity contribution in [2.45, 2.75) is 26.7 Å². The number of amides is 2. The first-order valence-corrected chi connectivity index (χ1v) is 12.1. The number of carbonyl (C=O) groups is 2. The number of ether oxygens (including phenoxy) is 1. The van der Waals surface area contributed by atoms with E-state index in [2.05, 4.69) is 24.1 Å². The van der Waals surface area contributed by atoms with Crippen molar-refractivity contribution < 1.29 is 14.3 Å². The molecule has 182 valence electrons. The standard InChI is InChI=1S/C29H33N3O3/c1-21(2)23-8-14-26(15-9-23)35-20-28(33)30-24-10-12-25(13-11-24)31-16-18-32(19-17-31)29(34)27-7-5-4-6-22(27)3/h4-15,21H,16-20H2,1-3H3,(H,30,33). The van der Waals surface area contributed by atoms with Crippen molar-refractivity contribution in [2.24, 2.45) is 0 Å². The molecule has 2 amide bonds. The average molecular weight is 472 g/mol. The second-order valence-corrected chi connectivity index (χ2v) is 9.20. The molecule has 3 aromatic rings. The molecule has 4 rings (SSSR count). The summed E-state index contributed by atoms with van der Waals surface area (Å²) in [5.74, 6) is 1.04. The fourth-order valence-corrected chi connectivity index (χ4v) is 4.20. The van der Waals surface area contributed by atoms with Crippen molar-refractivity contribution in [1.82, 2.24) is 4.90 Å². The maximum absolute atomic E-state index is 12.9. The van der Waals surface area contributed by atoms with Crippen LogP contribution in [-0.4, -0.2) is 49.5 Å². The van der Waals surface area contributed by atoms with Crippen LogP contribution in [0, 0.1) is 6.92 Å². The second-order valence-electron chi connectivity index (χ2n) is 9.20. The van der Waals surface area contributed by atoms with Gasteiger partial charge in [-0.2, -0.15) is 0 Å². The van der Waals surface area contributed by atoms with E-state index in [1.54, 1.807) is 0 Å². The van der Waals surface area contributed by atoms with Gasteiger partial charge in [-0.1, -0.05) is 44.2 Å². The minimum atomic E-state index is -0.200. The van der Waals surface area contributed by atoms with Gasteiger partial charge in [0.15, 0.2) is 6.61 Å². The lowest BCUT2D eigenvalue weighted by Crippen LogP contribution is -2.48. The number of anilines is 2. The van der Waals surface area contributed by atoms with Gasteiger partial charge in [-0.25, -0.2) is 0 Å². The van der Waals surface area contributed by atoms with E-state index >= 15 is 0 Å². The van der Waals surface area contributed by atoms with Crippen molar-refractivity contribution in [1.29, 1.82) is 0 Å². The third-order valence-corrected chi connectivity index (χ3v) is 6.38. The summed E-state index contributed by atoms with van der Waals surface area (Å²) in [6.45, 7) is 9.12. The molecule has 35 heavy (non-hydrogen) atoms. The summed E-state index contributed by atoms with van der Waals surface area (Å²) in [6, 6.07) is 23.4. The topological polar surface area (TPSA) is 61.9 Å². The summed E-state index contributed by atoms with van der Waals surface area (Å²) >= 11 is 0. The largest absolute Gasteiger partial charge is 0.484 e. The van der Waals surface area contributed by atoms with Crippen LogP contribution >= 0.6 is 0 Å². The highest BCUT2D eigenvalue weighted by molar-refractivity contribution is 5.95. The van der Waals surface area contributed by atoms with Gasteiger partial charge in [0.2, 0.25) is 0 Å². The van der Waals surface area contributed by atoms with E-state index in [1.807, 2.05) is 84.6 Å². The molecular formula is C29H33N3O3. The Morgan fingerprint density at radius 2 is 1.54 bits per heavy atom. The molecule has 0 aromatic heterocycles. The first kappa shape index (κ1) is 24.3. The molecule has 1 aliphatic rings. The van der Waals surface area contributed by atoms with Crippen LogP contribution in [0.1, 0.15) is 41.3 Å². The zero-order chi connectivity index (χ0) is 24.8. The Morgan fingerprint density at radius 1 is 0.886 bits per heavy atom. The Kier molecular flexibility index (Phi) is 7.70. The first-order valence-electron chi connectivity index (χ1n) is 12.1. The van der Waals surface area contributed by atoms with Crippen LogP contribution in [0.5, 0.6) is 5.75 Å². The van der Waals surface area contributed by atoms with Crippen LogP contribution < -0.4 is 15.0 Å². The maximum Gasteiger partial charge on any atom is 0.262 e. The smallest absolute Gasteiger partial charge is 0.262 e. The van der Waals surface area contributed by atoms with Gasteiger partial charge in [0, 0.05) is 43.1 Å². The van der Waals surface area contributed by atoms with E-state index in [-0.39, 0.29) is 18.4 Å². The fourth-order valence-electron chi connectivity index (χ4n) is 4.20. The number of rotatable bonds is 7. The van der Waals surface area contributed by atoms with Gasteiger partial charge in [-0.3, -0.25) is 9.59 Å². The van der Waals surface area contributed by atoms with Gasteiger partial charge in [0.1, 0.15) is 5.75 Å². The molecule has 1 saturated heterocycles. The van der Waals surface area contributed by atoms with Gasteiger partial charge < -0.3 is 19.9 Å². The van der Waals surface area contributed by atoms with Gasteiger partial charge >= 0.3 is 0 Å². The van der Waals surface area contributed by atoms with Crippen LogP contribution in [0.3, 0.4) is 0 Å². The second kappa shape index (κ2) is 11.1. The molecule has 1 N–H and O–H groups in total. The molecule has 1 heterocycles. The number of piperazine rings is 1. The monoisotopic (exact) mass is 471 g/mol. The summed E-state index contributed by atoms with van der Waals surface area (Å²) in [5.41, 5.74) is 4.82. The Balaban J connectivity index is 1.25. The van der Waals surface area contributed by atoms with Gasteiger partial charge in [0.25, 0.3) is 11.8 Å². The van der Waals surface area contributed by atoms with Crippen LogP contribution in [0.2, 0.25) is 0 Å². The van der Waals surface area contributed by atoms with Crippen LogP contribution in [0.4, 0.5) is 11.4 Å². The minimum Gasteiger partial charge on any atom is -0.484 e. The molecule has 0 saturated carbocycles. The molecule has 0 atom stereocenters. The summed E-state index contributed by atoms with van der Waals surface area (Å²) in [6.07, 6.45) is 0. The summed E-state index contributed by atoms with van der Waals surface area (Å²) < 4.78 is 5.61.